The van der Waals surface area contributed by atoms with E-state index in [9.17, 15) is 14.7 Å². The summed E-state index contributed by atoms with van der Waals surface area (Å²) in [4.78, 5) is 22.8. The van der Waals surface area contributed by atoms with E-state index in [1.165, 1.54) is 18.3 Å². The van der Waals surface area contributed by atoms with E-state index in [0.717, 1.165) is 6.42 Å². The predicted octanol–water partition coefficient (Wildman–Crippen LogP) is 1.41. The van der Waals surface area contributed by atoms with Gasteiger partial charge in [-0.3, -0.25) is 9.59 Å². The maximum Gasteiger partial charge on any atom is 0.329 e. The molecule has 20 heavy (non-hydrogen) atoms. The van der Waals surface area contributed by atoms with E-state index < -0.39 is 11.8 Å². The number of hydrogen-bond donors (Lipinski definition) is 3. The van der Waals surface area contributed by atoms with Crippen molar-refractivity contribution in [3.8, 4) is 5.75 Å². The summed E-state index contributed by atoms with van der Waals surface area (Å²) in [5, 5.41) is 15.6. The number of carbonyl (C=O) groups is 2. The first kappa shape index (κ1) is 16.0. The molecule has 1 atom stereocenters. The van der Waals surface area contributed by atoms with Crippen molar-refractivity contribution >= 4 is 29.6 Å². The smallest absolute Gasteiger partial charge is 0.329 e. The number of amides is 2. The Kier molecular flexibility index (Phi) is 5.99. The van der Waals surface area contributed by atoms with E-state index in [2.05, 4.69) is 15.8 Å². The lowest BCUT2D eigenvalue weighted by Crippen LogP contribution is -2.41. The Hall–Kier alpha value is -2.08. The van der Waals surface area contributed by atoms with Crippen LogP contribution in [0.2, 0.25) is 5.02 Å². The van der Waals surface area contributed by atoms with Crippen molar-refractivity contribution < 1.29 is 14.7 Å². The van der Waals surface area contributed by atoms with E-state index in [4.69, 9.17) is 11.6 Å². The molecule has 0 fully saturated rings. The van der Waals surface area contributed by atoms with Crippen molar-refractivity contribution in [2.75, 3.05) is 0 Å². The molecule has 0 aliphatic rings. The average Bonchev–Trinajstić information content (AvgIpc) is 2.42. The molecular formula is C13H16ClN3O3. The number of rotatable bonds is 4. The molecule has 6 nitrogen and oxygen atoms in total. The molecule has 108 valence electrons. The molecule has 3 N–H and O–H groups in total. The first-order valence-corrected chi connectivity index (χ1v) is 6.44. The van der Waals surface area contributed by atoms with Crippen LogP contribution in [-0.4, -0.2) is 29.2 Å². The lowest BCUT2D eigenvalue weighted by Gasteiger charge is -2.09. The third kappa shape index (κ3) is 4.89. The van der Waals surface area contributed by atoms with Crippen molar-refractivity contribution in [1.82, 2.24) is 10.7 Å². The summed E-state index contributed by atoms with van der Waals surface area (Å²) in [5.74, 6) is -1.62. The lowest BCUT2D eigenvalue weighted by molar-refractivity contribution is -0.139. The Morgan fingerprint density at radius 3 is 2.75 bits per heavy atom. The molecule has 0 saturated heterocycles. The number of carbonyl (C=O) groups excluding carboxylic acids is 2. The van der Waals surface area contributed by atoms with Crippen LogP contribution in [0.15, 0.2) is 23.3 Å². The van der Waals surface area contributed by atoms with Crippen LogP contribution in [0, 0.1) is 0 Å². The quantitative estimate of drug-likeness (QED) is 0.446. The molecule has 0 heterocycles. The van der Waals surface area contributed by atoms with E-state index >= 15 is 0 Å². The molecule has 0 aliphatic heterocycles. The fraction of sp³-hybridized carbons (Fsp3) is 0.308. The van der Waals surface area contributed by atoms with Crippen molar-refractivity contribution in [3.63, 3.8) is 0 Å². The number of phenolic OH excluding ortho intramolecular Hbond substituents is 1. The number of hydrogen-bond acceptors (Lipinski definition) is 4. The molecule has 0 radical (unpaired) electrons. The minimum absolute atomic E-state index is 0.0409. The zero-order valence-electron chi connectivity index (χ0n) is 11.2. The van der Waals surface area contributed by atoms with Crippen molar-refractivity contribution in [3.05, 3.63) is 28.8 Å². The van der Waals surface area contributed by atoms with Crippen LogP contribution in [0.4, 0.5) is 0 Å². The molecule has 0 unspecified atom stereocenters. The summed E-state index contributed by atoms with van der Waals surface area (Å²) in [7, 11) is 0. The highest BCUT2D eigenvalue weighted by Crippen LogP contribution is 2.22. The first-order valence-electron chi connectivity index (χ1n) is 6.06. The normalized spacial score (nSPS) is 12.2. The van der Waals surface area contributed by atoms with Gasteiger partial charge in [-0.2, -0.15) is 5.10 Å². The molecule has 0 aromatic heterocycles. The van der Waals surface area contributed by atoms with Crippen LogP contribution in [0.5, 0.6) is 5.75 Å². The highest BCUT2D eigenvalue weighted by Gasteiger charge is 2.14. The largest absolute Gasteiger partial charge is 0.506 e. The molecule has 2 amide bonds. The molecule has 1 rings (SSSR count). The maximum absolute atomic E-state index is 11.4. The Morgan fingerprint density at radius 1 is 1.45 bits per heavy atom. The van der Waals surface area contributed by atoms with Gasteiger partial charge in [-0.05, 0) is 37.1 Å². The van der Waals surface area contributed by atoms with Gasteiger partial charge in [-0.15, -0.1) is 0 Å². The van der Waals surface area contributed by atoms with Crippen LogP contribution in [0.25, 0.3) is 0 Å². The number of halogens is 1. The second-order valence-corrected chi connectivity index (χ2v) is 4.60. The highest BCUT2D eigenvalue weighted by atomic mass is 35.5. The number of phenols is 1. The van der Waals surface area contributed by atoms with Crippen molar-refractivity contribution in [2.24, 2.45) is 5.10 Å². The van der Waals surface area contributed by atoms with Gasteiger partial charge in [0.2, 0.25) is 0 Å². The molecule has 0 aliphatic carbocycles. The number of hydrazone groups is 1. The van der Waals surface area contributed by atoms with Gasteiger partial charge in [-0.25, -0.2) is 5.43 Å². The van der Waals surface area contributed by atoms with E-state index in [1.54, 1.807) is 13.0 Å². The van der Waals surface area contributed by atoms with Crippen LogP contribution >= 0.6 is 11.6 Å². The third-order valence-corrected chi connectivity index (χ3v) is 2.85. The number of nitrogens with one attached hydrogen (secondary N) is 2. The molecule has 1 aromatic rings. The molecule has 0 saturated carbocycles. The Bertz CT molecular complexity index is 532. The zero-order valence-corrected chi connectivity index (χ0v) is 11.9. The van der Waals surface area contributed by atoms with E-state index in [-0.39, 0.29) is 16.8 Å². The molecule has 1 aromatic carbocycles. The molecule has 0 spiro atoms. The Balaban J connectivity index is 2.53. The third-order valence-electron chi connectivity index (χ3n) is 2.55. The Morgan fingerprint density at radius 2 is 2.15 bits per heavy atom. The fourth-order valence-corrected chi connectivity index (χ4v) is 1.40. The minimum Gasteiger partial charge on any atom is -0.506 e. The summed E-state index contributed by atoms with van der Waals surface area (Å²) in [6.45, 7) is 3.70. The molecule has 7 heteroatoms. The highest BCUT2D eigenvalue weighted by molar-refractivity contribution is 6.35. The van der Waals surface area contributed by atoms with Crippen LogP contribution in [-0.2, 0) is 9.59 Å². The summed E-state index contributed by atoms with van der Waals surface area (Å²) in [5.41, 5.74) is 2.69. The van der Waals surface area contributed by atoms with E-state index in [1.807, 2.05) is 6.92 Å². The van der Waals surface area contributed by atoms with Gasteiger partial charge < -0.3 is 10.4 Å². The number of nitrogens with zero attached hydrogens (tertiary/aromatic N) is 1. The van der Waals surface area contributed by atoms with Crippen LogP contribution < -0.4 is 10.7 Å². The van der Waals surface area contributed by atoms with Gasteiger partial charge >= 0.3 is 11.8 Å². The average molecular weight is 298 g/mol. The van der Waals surface area contributed by atoms with E-state index in [0.29, 0.717) is 5.56 Å². The number of aromatic hydroxyl groups is 1. The summed E-state index contributed by atoms with van der Waals surface area (Å²) in [6.07, 6.45) is 2.05. The molecule has 0 bridgehead atoms. The van der Waals surface area contributed by atoms with Gasteiger partial charge in [0.15, 0.2) is 0 Å². The van der Waals surface area contributed by atoms with Gasteiger partial charge in [-0.1, -0.05) is 18.5 Å². The topological polar surface area (TPSA) is 90.8 Å². The lowest BCUT2D eigenvalue weighted by atomic mass is 10.2. The summed E-state index contributed by atoms with van der Waals surface area (Å²) in [6, 6.07) is 4.37. The summed E-state index contributed by atoms with van der Waals surface area (Å²) >= 11 is 5.72. The second-order valence-electron chi connectivity index (χ2n) is 4.19. The number of benzene rings is 1. The second kappa shape index (κ2) is 7.49. The monoisotopic (exact) mass is 297 g/mol. The van der Waals surface area contributed by atoms with Gasteiger partial charge in [0, 0.05) is 6.04 Å². The van der Waals surface area contributed by atoms with Crippen molar-refractivity contribution in [2.45, 2.75) is 26.3 Å². The van der Waals surface area contributed by atoms with Crippen molar-refractivity contribution in [1.29, 1.82) is 0 Å². The van der Waals surface area contributed by atoms with Gasteiger partial charge in [0.05, 0.1) is 11.2 Å². The fourth-order valence-electron chi connectivity index (χ4n) is 1.21. The standard InChI is InChI=1S/C13H16ClN3O3/c1-3-8(2)16-12(19)13(20)17-15-7-9-4-5-11(18)10(14)6-9/h4-8,18H,3H2,1-2H3,(H,16,19)(H,17,20)/b15-7-/t8-/m0/s1. The predicted molar refractivity (Wildman–Crippen MR) is 76.7 cm³/mol. The van der Waals surface area contributed by atoms with Gasteiger partial charge in [0.1, 0.15) is 5.75 Å². The zero-order chi connectivity index (χ0) is 15.1. The molecular weight excluding hydrogens is 282 g/mol. The minimum atomic E-state index is -0.841. The Labute approximate surface area is 121 Å². The maximum atomic E-state index is 11.4. The summed E-state index contributed by atoms with van der Waals surface area (Å²) < 4.78 is 0. The van der Waals surface area contributed by atoms with Gasteiger partial charge in [0.25, 0.3) is 0 Å². The first-order chi connectivity index (χ1) is 9.43. The van der Waals surface area contributed by atoms with Crippen LogP contribution in [0.3, 0.4) is 0 Å². The van der Waals surface area contributed by atoms with Crippen LogP contribution in [0.1, 0.15) is 25.8 Å². The SMILES string of the molecule is CC[C@H](C)NC(=O)C(=O)N/N=C\c1ccc(O)c(Cl)c1.